The minimum Gasteiger partial charge on any atom is -0.324 e. The van der Waals surface area contributed by atoms with Crippen molar-refractivity contribution in [1.29, 1.82) is 0 Å². The maximum absolute atomic E-state index is 12.2. The van der Waals surface area contributed by atoms with Gasteiger partial charge in [-0.2, -0.15) is 4.68 Å². The first kappa shape index (κ1) is 19.7. The van der Waals surface area contributed by atoms with Crippen molar-refractivity contribution in [2.24, 2.45) is 0 Å². The quantitative estimate of drug-likeness (QED) is 0.583. The number of rotatable bonds is 6. The molecule has 0 aliphatic rings. The second kappa shape index (κ2) is 8.73. The number of carbonyl (C=O) groups is 1. The van der Waals surface area contributed by atoms with Crippen LogP contribution in [0.2, 0.25) is 10.0 Å². The van der Waals surface area contributed by atoms with Gasteiger partial charge >= 0.3 is 0 Å². The lowest BCUT2D eigenvalue weighted by Gasteiger charge is -2.10. The summed E-state index contributed by atoms with van der Waals surface area (Å²) in [6.07, 6.45) is 0.270. The van der Waals surface area contributed by atoms with E-state index in [-0.39, 0.29) is 12.3 Å². The second-order valence-corrected chi connectivity index (χ2v) is 7.71. The monoisotopic (exact) mass is 421 g/mol. The van der Waals surface area contributed by atoms with E-state index in [9.17, 15) is 4.79 Å². The molecule has 27 heavy (non-hydrogen) atoms. The molecule has 0 fully saturated rings. The molecule has 1 N–H and O–H groups in total. The average Bonchev–Trinajstić information content (AvgIpc) is 3.09. The van der Waals surface area contributed by atoms with Crippen molar-refractivity contribution < 1.29 is 4.79 Å². The molecule has 0 spiro atoms. The molecule has 0 radical (unpaired) electrons. The van der Waals surface area contributed by atoms with E-state index in [1.165, 1.54) is 11.8 Å². The van der Waals surface area contributed by atoms with Crippen molar-refractivity contribution in [1.82, 2.24) is 20.2 Å². The number of benzene rings is 2. The van der Waals surface area contributed by atoms with Crippen LogP contribution < -0.4 is 5.32 Å². The number of tetrazole rings is 1. The van der Waals surface area contributed by atoms with Gasteiger partial charge in [0.1, 0.15) is 0 Å². The molecule has 9 heteroatoms. The molecule has 2 aromatic carbocycles. The van der Waals surface area contributed by atoms with Crippen LogP contribution >= 0.6 is 35.0 Å². The van der Waals surface area contributed by atoms with Crippen molar-refractivity contribution in [2.75, 3.05) is 11.1 Å². The van der Waals surface area contributed by atoms with Gasteiger partial charge in [0.15, 0.2) is 0 Å². The summed E-state index contributed by atoms with van der Waals surface area (Å²) in [5, 5.41) is 16.1. The largest absolute Gasteiger partial charge is 0.324 e. The predicted molar refractivity (Wildman–Crippen MR) is 109 cm³/mol. The van der Waals surface area contributed by atoms with E-state index in [2.05, 4.69) is 20.8 Å². The highest BCUT2D eigenvalue weighted by atomic mass is 35.5. The van der Waals surface area contributed by atoms with Gasteiger partial charge in [-0.15, -0.1) is 5.10 Å². The Balaban J connectivity index is 1.63. The lowest BCUT2D eigenvalue weighted by molar-refractivity contribution is -0.115. The smallest absolute Gasteiger partial charge is 0.225 e. The lowest BCUT2D eigenvalue weighted by Crippen LogP contribution is -2.13. The number of amides is 1. The van der Waals surface area contributed by atoms with Crippen molar-refractivity contribution in [2.45, 2.75) is 25.4 Å². The number of nitrogens with one attached hydrogen (secondary N) is 1. The summed E-state index contributed by atoms with van der Waals surface area (Å²) in [5.74, 6) is 0.336. The molecule has 140 valence electrons. The molecule has 3 aromatic rings. The molecular weight excluding hydrogens is 405 g/mol. The topological polar surface area (TPSA) is 72.7 Å². The number of thioether (sulfide) groups is 1. The zero-order chi connectivity index (χ0) is 19.4. The molecule has 0 saturated carbocycles. The van der Waals surface area contributed by atoms with Crippen LogP contribution in [0.1, 0.15) is 17.5 Å². The van der Waals surface area contributed by atoms with E-state index in [0.29, 0.717) is 26.6 Å². The summed E-state index contributed by atoms with van der Waals surface area (Å²) in [6.45, 7) is 4.07. The van der Waals surface area contributed by atoms with Crippen LogP contribution in [0.25, 0.3) is 5.69 Å². The molecule has 3 rings (SSSR count). The zero-order valence-corrected chi connectivity index (χ0v) is 17.1. The molecule has 0 aliphatic heterocycles. The summed E-state index contributed by atoms with van der Waals surface area (Å²) in [7, 11) is 0. The number of aryl methyl sites for hydroxylation is 1. The standard InChI is InChI=1S/C18H17Cl2N5OS/c1-11-5-3-8-15(12(11)2)25-18(22-23-24-25)27-10-9-16(26)21-17-13(19)6-4-7-14(17)20/h3-8H,9-10H2,1-2H3,(H,21,26). The molecule has 0 aliphatic carbocycles. The van der Waals surface area contributed by atoms with E-state index < -0.39 is 0 Å². The first-order chi connectivity index (χ1) is 13.0. The fourth-order valence-electron chi connectivity index (χ4n) is 2.44. The fraction of sp³-hybridized carbons (Fsp3) is 0.222. The van der Waals surface area contributed by atoms with Gasteiger partial charge in [-0.3, -0.25) is 4.79 Å². The fourth-order valence-corrected chi connectivity index (χ4v) is 3.75. The maximum atomic E-state index is 12.2. The van der Waals surface area contributed by atoms with E-state index >= 15 is 0 Å². The van der Waals surface area contributed by atoms with Gasteiger partial charge in [0.05, 0.1) is 21.4 Å². The van der Waals surface area contributed by atoms with E-state index in [1.54, 1.807) is 22.9 Å². The molecule has 0 bridgehead atoms. The third-order valence-electron chi connectivity index (χ3n) is 4.03. The maximum Gasteiger partial charge on any atom is 0.225 e. The summed E-state index contributed by atoms with van der Waals surface area (Å²) < 4.78 is 1.69. The zero-order valence-electron chi connectivity index (χ0n) is 14.7. The second-order valence-electron chi connectivity index (χ2n) is 5.84. The van der Waals surface area contributed by atoms with Crippen LogP contribution in [0.3, 0.4) is 0 Å². The summed E-state index contributed by atoms with van der Waals surface area (Å²) in [5.41, 5.74) is 3.62. The number of para-hydroxylation sites is 1. The molecule has 0 unspecified atom stereocenters. The Labute approximate surface area is 171 Å². The van der Waals surface area contributed by atoms with Crippen LogP contribution in [-0.2, 0) is 4.79 Å². The van der Waals surface area contributed by atoms with Crippen molar-refractivity contribution in [3.63, 3.8) is 0 Å². The van der Waals surface area contributed by atoms with Crippen LogP contribution in [-0.4, -0.2) is 31.9 Å². The highest BCUT2D eigenvalue weighted by molar-refractivity contribution is 7.99. The van der Waals surface area contributed by atoms with Crippen LogP contribution in [0, 0.1) is 13.8 Å². The van der Waals surface area contributed by atoms with Gasteiger partial charge in [-0.25, -0.2) is 0 Å². The SMILES string of the molecule is Cc1cccc(-n2nnnc2SCCC(=O)Nc2c(Cl)cccc2Cl)c1C. The molecule has 0 saturated heterocycles. The number of hydrogen-bond acceptors (Lipinski definition) is 5. The average molecular weight is 422 g/mol. The molecule has 6 nitrogen and oxygen atoms in total. The Hall–Kier alpha value is -2.09. The Morgan fingerprint density at radius 2 is 1.85 bits per heavy atom. The van der Waals surface area contributed by atoms with Gasteiger partial charge < -0.3 is 5.32 Å². The van der Waals surface area contributed by atoms with Crippen LogP contribution in [0.15, 0.2) is 41.6 Å². The number of hydrogen-bond donors (Lipinski definition) is 1. The molecule has 1 amide bonds. The van der Waals surface area contributed by atoms with E-state index in [4.69, 9.17) is 23.2 Å². The molecular formula is C18H17Cl2N5OS. The Morgan fingerprint density at radius 3 is 2.59 bits per heavy atom. The van der Waals surface area contributed by atoms with Crippen molar-refractivity contribution in [3.8, 4) is 5.69 Å². The van der Waals surface area contributed by atoms with E-state index in [1.807, 2.05) is 32.0 Å². The number of aromatic nitrogens is 4. The Morgan fingerprint density at radius 1 is 1.15 bits per heavy atom. The summed E-state index contributed by atoms with van der Waals surface area (Å²) in [6, 6.07) is 11.1. The highest BCUT2D eigenvalue weighted by Gasteiger charge is 2.14. The minimum absolute atomic E-state index is 0.178. The van der Waals surface area contributed by atoms with Gasteiger partial charge in [-0.05, 0) is 53.6 Å². The number of anilines is 1. The third kappa shape index (κ3) is 4.61. The lowest BCUT2D eigenvalue weighted by atomic mass is 10.1. The number of nitrogens with zero attached hydrogens (tertiary/aromatic N) is 4. The highest BCUT2D eigenvalue weighted by Crippen LogP contribution is 2.30. The van der Waals surface area contributed by atoms with Gasteiger partial charge in [0.25, 0.3) is 0 Å². The third-order valence-corrected chi connectivity index (χ3v) is 5.58. The van der Waals surface area contributed by atoms with Crippen molar-refractivity contribution >= 4 is 46.6 Å². The molecule has 0 atom stereocenters. The van der Waals surface area contributed by atoms with E-state index in [0.717, 1.165) is 16.8 Å². The normalized spacial score (nSPS) is 10.8. The van der Waals surface area contributed by atoms with Crippen LogP contribution in [0.5, 0.6) is 0 Å². The van der Waals surface area contributed by atoms with Gasteiger partial charge in [0, 0.05) is 12.2 Å². The summed E-state index contributed by atoms with van der Waals surface area (Å²) in [4.78, 5) is 12.2. The molecule has 1 aromatic heterocycles. The van der Waals surface area contributed by atoms with Crippen LogP contribution in [0.4, 0.5) is 5.69 Å². The predicted octanol–water partition coefficient (Wildman–Crippen LogP) is 4.71. The van der Waals surface area contributed by atoms with Gasteiger partial charge in [-0.1, -0.05) is 53.2 Å². The Bertz CT molecular complexity index is 956. The van der Waals surface area contributed by atoms with Gasteiger partial charge in [0.2, 0.25) is 11.1 Å². The number of carbonyl (C=O) groups excluding carboxylic acids is 1. The first-order valence-electron chi connectivity index (χ1n) is 8.19. The first-order valence-corrected chi connectivity index (χ1v) is 9.93. The van der Waals surface area contributed by atoms with Crippen molar-refractivity contribution in [3.05, 3.63) is 57.6 Å². The summed E-state index contributed by atoms with van der Waals surface area (Å²) >= 11 is 13.6. The number of halogens is 2. The molecule has 1 heterocycles. The minimum atomic E-state index is -0.178. The Kier molecular flexibility index (Phi) is 6.36.